The molecule has 23 heavy (non-hydrogen) atoms. The zero-order valence-electron chi connectivity index (χ0n) is 15.1. The standard InChI is InChI=1S/C20H25NO2/c1-12-9-13-14(17(21-7)18(22)19(2,3)4)11-20(5,6)15(13)10-16(12)23-8/h9-10H,11H2,1-6,8H3/b17-14-. The molecule has 0 amide bonds. The Morgan fingerprint density at radius 3 is 2.39 bits per heavy atom. The maximum atomic E-state index is 12.7. The van der Waals surface area contributed by atoms with Gasteiger partial charge in [-0.25, -0.2) is 4.85 Å². The number of allylic oxidation sites excluding steroid dienone is 2. The van der Waals surface area contributed by atoms with Crippen LogP contribution in [0, 0.1) is 18.9 Å². The fourth-order valence-electron chi connectivity index (χ4n) is 3.17. The summed E-state index contributed by atoms with van der Waals surface area (Å²) < 4.78 is 5.44. The summed E-state index contributed by atoms with van der Waals surface area (Å²) in [6.07, 6.45) is 0.703. The van der Waals surface area contributed by atoms with Crippen LogP contribution in [0.25, 0.3) is 10.4 Å². The fourth-order valence-corrected chi connectivity index (χ4v) is 3.17. The van der Waals surface area contributed by atoms with E-state index in [9.17, 15) is 4.79 Å². The molecule has 0 radical (unpaired) electrons. The van der Waals surface area contributed by atoms with Gasteiger partial charge in [0.1, 0.15) is 5.75 Å². The van der Waals surface area contributed by atoms with Crippen molar-refractivity contribution in [1.82, 2.24) is 0 Å². The number of aryl methyl sites for hydroxylation is 1. The monoisotopic (exact) mass is 311 g/mol. The highest BCUT2D eigenvalue weighted by Crippen LogP contribution is 2.49. The molecule has 0 saturated carbocycles. The number of methoxy groups -OCH3 is 1. The van der Waals surface area contributed by atoms with Crippen LogP contribution in [0.15, 0.2) is 17.8 Å². The number of hydrogen-bond donors (Lipinski definition) is 0. The van der Waals surface area contributed by atoms with Crippen molar-refractivity contribution in [2.24, 2.45) is 5.41 Å². The maximum absolute atomic E-state index is 12.7. The van der Waals surface area contributed by atoms with Gasteiger partial charge in [0.25, 0.3) is 0 Å². The van der Waals surface area contributed by atoms with Crippen LogP contribution in [0.5, 0.6) is 5.75 Å². The van der Waals surface area contributed by atoms with Gasteiger partial charge in [-0.2, -0.15) is 0 Å². The summed E-state index contributed by atoms with van der Waals surface area (Å²) in [5.41, 5.74) is 3.70. The van der Waals surface area contributed by atoms with E-state index < -0.39 is 5.41 Å². The van der Waals surface area contributed by atoms with Crippen LogP contribution < -0.4 is 4.74 Å². The fraction of sp³-hybridized carbons (Fsp3) is 0.500. The molecule has 3 nitrogen and oxygen atoms in total. The molecule has 0 bridgehead atoms. The lowest BCUT2D eigenvalue weighted by molar-refractivity contribution is -0.122. The van der Waals surface area contributed by atoms with Crippen molar-refractivity contribution in [3.05, 3.63) is 45.9 Å². The zero-order chi connectivity index (χ0) is 17.6. The SMILES string of the molecule is [C-]#[N+]/C(C(=O)C(C)(C)C)=C1/CC(C)(C)c2cc(OC)c(C)cc21. The highest BCUT2D eigenvalue weighted by molar-refractivity contribution is 6.08. The van der Waals surface area contributed by atoms with Crippen LogP contribution in [0.1, 0.15) is 57.7 Å². The van der Waals surface area contributed by atoms with E-state index in [0.717, 1.165) is 28.0 Å². The van der Waals surface area contributed by atoms with Crippen molar-refractivity contribution in [3.63, 3.8) is 0 Å². The van der Waals surface area contributed by atoms with Gasteiger partial charge in [-0.15, -0.1) is 0 Å². The first-order chi connectivity index (χ1) is 10.5. The number of rotatable bonds is 2. The third-order valence-corrected chi connectivity index (χ3v) is 4.50. The number of Topliss-reactive ketones (excluding diaryl/α,β-unsaturated/α-hetero) is 1. The van der Waals surface area contributed by atoms with Gasteiger partial charge < -0.3 is 9.53 Å². The smallest absolute Gasteiger partial charge is 0.233 e. The van der Waals surface area contributed by atoms with E-state index in [1.165, 1.54) is 0 Å². The summed E-state index contributed by atoms with van der Waals surface area (Å²) in [7, 11) is 1.67. The van der Waals surface area contributed by atoms with Gasteiger partial charge in [0, 0.05) is 5.41 Å². The first-order valence-corrected chi connectivity index (χ1v) is 7.88. The van der Waals surface area contributed by atoms with Gasteiger partial charge in [-0.3, -0.25) is 0 Å². The molecule has 1 aromatic carbocycles. The number of hydrogen-bond acceptors (Lipinski definition) is 2. The Balaban J connectivity index is 2.75. The highest BCUT2D eigenvalue weighted by atomic mass is 16.5. The molecule has 0 spiro atoms. The minimum atomic E-state index is -0.554. The minimum absolute atomic E-state index is 0.0837. The van der Waals surface area contributed by atoms with Crippen LogP contribution in [0.4, 0.5) is 0 Å². The second kappa shape index (κ2) is 5.53. The van der Waals surface area contributed by atoms with E-state index in [1.54, 1.807) is 7.11 Å². The van der Waals surface area contributed by atoms with E-state index in [1.807, 2.05) is 27.7 Å². The van der Waals surface area contributed by atoms with Gasteiger partial charge >= 0.3 is 0 Å². The molecule has 0 unspecified atom stereocenters. The number of fused-ring (bicyclic) bond motifs is 1. The molecule has 1 aliphatic carbocycles. The van der Waals surface area contributed by atoms with E-state index in [2.05, 4.69) is 30.8 Å². The largest absolute Gasteiger partial charge is 0.496 e. The third kappa shape index (κ3) is 2.91. The lowest BCUT2D eigenvalue weighted by atomic mass is 9.85. The van der Waals surface area contributed by atoms with Crippen LogP contribution >= 0.6 is 0 Å². The van der Waals surface area contributed by atoms with Gasteiger partial charge in [0.2, 0.25) is 5.70 Å². The molecule has 0 N–H and O–H groups in total. The third-order valence-electron chi connectivity index (χ3n) is 4.50. The summed E-state index contributed by atoms with van der Waals surface area (Å²) in [5, 5.41) is 0. The minimum Gasteiger partial charge on any atom is -0.496 e. The van der Waals surface area contributed by atoms with Gasteiger partial charge in [0.05, 0.1) is 13.7 Å². The van der Waals surface area contributed by atoms with Crippen molar-refractivity contribution >= 4 is 11.4 Å². The van der Waals surface area contributed by atoms with Crippen LogP contribution in [-0.4, -0.2) is 12.9 Å². The lowest BCUT2D eigenvalue weighted by Crippen LogP contribution is -2.21. The van der Waals surface area contributed by atoms with E-state index in [0.29, 0.717) is 6.42 Å². The summed E-state index contributed by atoms with van der Waals surface area (Å²) in [4.78, 5) is 16.3. The molecule has 0 atom stereocenters. The number of nitrogens with zero attached hydrogens (tertiary/aromatic N) is 1. The molecule has 2 rings (SSSR count). The van der Waals surface area contributed by atoms with Crippen molar-refractivity contribution < 1.29 is 9.53 Å². The van der Waals surface area contributed by atoms with Crippen molar-refractivity contribution in [2.75, 3.05) is 7.11 Å². The highest BCUT2D eigenvalue weighted by Gasteiger charge is 2.38. The number of ether oxygens (including phenoxy) is 1. The van der Waals surface area contributed by atoms with E-state index in [-0.39, 0.29) is 16.9 Å². The molecule has 122 valence electrons. The summed E-state index contributed by atoms with van der Waals surface area (Å²) in [6.45, 7) is 19.4. The zero-order valence-corrected chi connectivity index (χ0v) is 15.1. The summed E-state index contributed by atoms with van der Waals surface area (Å²) in [5.74, 6) is 0.768. The molecule has 1 aliphatic rings. The average molecular weight is 311 g/mol. The van der Waals surface area contributed by atoms with Gasteiger partial charge in [-0.05, 0) is 53.2 Å². The Bertz CT molecular complexity index is 740. The lowest BCUT2D eigenvalue weighted by Gasteiger charge is -2.20. The molecule has 0 aliphatic heterocycles. The molecule has 0 fully saturated rings. The quantitative estimate of drug-likeness (QED) is 0.572. The molecule has 1 aromatic rings. The van der Waals surface area contributed by atoms with Crippen molar-refractivity contribution in [3.8, 4) is 5.75 Å². The summed E-state index contributed by atoms with van der Waals surface area (Å²) >= 11 is 0. The molecular formula is C20H25NO2. The van der Waals surface area contributed by atoms with Gasteiger partial charge in [-0.1, -0.05) is 34.6 Å². The number of ketones is 1. The number of benzene rings is 1. The second-order valence-corrected chi connectivity index (χ2v) is 7.95. The Kier molecular flexibility index (Phi) is 4.15. The average Bonchev–Trinajstić information content (AvgIpc) is 2.69. The van der Waals surface area contributed by atoms with Crippen molar-refractivity contribution in [1.29, 1.82) is 0 Å². The maximum Gasteiger partial charge on any atom is 0.233 e. The van der Waals surface area contributed by atoms with E-state index in [4.69, 9.17) is 11.3 Å². The molecule has 3 heteroatoms. The Labute approximate surface area is 139 Å². The number of carbonyl (C=O) groups is 1. The van der Waals surface area contributed by atoms with E-state index >= 15 is 0 Å². The predicted molar refractivity (Wildman–Crippen MR) is 93.4 cm³/mol. The van der Waals surface area contributed by atoms with Crippen LogP contribution in [0.2, 0.25) is 0 Å². The molecular weight excluding hydrogens is 286 g/mol. The normalized spacial score (nSPS) is 18.2. The predicted octanol–water partition coefficient (Wildman–Crippen LogP) is 4.93. The molecule has 0 aromatic heterocycles. The topological polar surface area (TPSA) is 30.7 Å². The first-order valence-electron chi connectivity index (χ1n) is 7.88. The van der Waals surface area contributed by atoms with Crippen LogP contribution in [0.3, 0.4) is 0 Å². The first kappa shape index (κ1) is 17.3. The van der Waals surface area contributed by atoms with Gasteiger partial charge in [0.15, 0.2) is 5.78 Å². The Morgan fingerprint density at radius 2 is 1.91 bits per heavy atom. The van der Waals surface area contributed by atoms with Crippen molar-refractivity contribution in [2.45, 2.75) is 53.4 Å². The molecule has 0 saturated heterocycles. The molecule has 0 heterocycles. The second-order valence-electron chi connectivity index (χ2n) is 7.95. The van der Waals surface area contributed by atoms with Crippen LogP contribution in [-0.2, 0) is 10.2 Å². The summed E-state index contributed by atoms with van der Waals surface area (Å²) in [6, 6.07) is 4.11. The Morgan fingerprint density at radius 1 is 1.30 bits per heavy atom. The Hall–Kier alpha value is -2.08. The number of carbonyl (C=O) groups excluding carboxylic acids is 1.